The van der Waals surface area contributed by atoms with Crippen molar-refractivity contribution in [3.63, 3.8) is 0 Å². The second-order valence-electron chi connectivity index (χ2n) is 8.43. The van der Waals surface area contributed by atoms with Gasteiger partial charge < -0.3 is 9.88 Å². The summed E-state index contributed by atoms with van der Waals surface area (Å²) in [6.45, 7) is 4.88. The predicted octanol–water partition coefficient (Wildman–Crippen LogP) is 4.94. The Bertz CT molecular complexity index is 1400. The van der Waals surface area contributed by atoms with Crippen molar-refractivity contribution in [2.24, 2.45) is 0 Å². The van der Waals surface area contributed by atoms with E-state index in [1.807, 2.05) is 37.3 Å². The van der Waals surface area contributed by atoms with E-state index >= 15 is 0 Å². The van der Waals surface area contributed by atoms with Gasteiger partial charge in [0.25, 0.3) is 5.91 Å². The fourth-order valence-corrected chi connectivity index (χ4v) is 4.40. The van der Waals surface area contributed by atoms with Crippen LogP contribution in [0.2, 0.25) is 0 Å². The summed E-state index contributed by atoms with van der Waals surface area (Å²) in [7, 11) is 0. The van der Waals surface area contributed by atoms with Crippen LogP contribution in [0.25, 0.3) is 33.2 Å². The molecule has 0 saturated heterocycles. The van der Waals surface area contributed by atoms with Gasteiger partial charge in [0.15, 0.2) is 0 Å². The molecular weight excluding hydrogens is 412 g/mol. The first-order chi connectivity index (χ1) is 16.1. The standard InChI is InChI=1S/C26H26N6O/c1-3-6-17(2)27-26(33)19-11-9-18(10-12-19)16-32-23-8-5-4-7-21(23)22-15-20(13-14-24(22)32)25-28-30-31-29-25/h4-5,7-15,17H,3,6,16H2,1-2H3,(H,27,33)(H,28,29,30,31)/t17-/m0/s1. The van der Waals surface area contributed by atoms with Crippen molar-refractivity contribution in [1.29, 1.82) is 0 Å². The van der Waals surface area contributed by atoms with Crippen LogP contribution in [0.15, 0.2) is 66.7 Å². The van der Waals surface area contributed by atoms with Crippen LogP contribution < -0.4 is 5.32 Å². The van der Waals surface area contributed by atoms with Crippen LogP contribution in [-0.4, -0.2) is 37.1 Å². The van der Waals surface area contributed by atoms with Gasteiger partial charge in [-0.2, -0.15) is 5.21 Å². The number of hydrogen-bond donors (Lipinski definition) is 2. The number of hydrogen-bond acceptors (Lipinski definition) is 4. The summed E-state index contributed by atoms with van der Waals surface area (Å²) in [6.07, 6.45) is 2.03. The Balaban J connectivity index is 1.47. The van der Waals surface area contributed by atoms with Crippen LogP contribution in [0.3, 0.4) is 0 Å². The van der Waals surface area contributed by atoms with Crippen LogP contribution >= 0.6 is 0 Å². The molecule has 2 heterocycles. The topological polar surface area (TPSA) is 88.5 Å². The average molecular weight is 439 g/mol. The van der Waals surface area contributed by atoms with E-state index in [0.29, 0.717) is 17.9 Å². The molecule has 0 bridgehead atoms. The molecule has 0 aliphatic carbocycles. The van der Waals surface area contributed by atoms with E-state index in [4.69, 9.17) is 0 Å². The number of carbonyl (C=O) groups excluding carboxylic acids is 1. The maximum Gasteiger partial charge on any atom is 0.251 e. The normalized spacial score (nSPS) is 12.3. The lowest BCUT2D eigenvalue weighted by atomic mass is 10.1. The van der Waals surface area contributed by atoms with Gasteiger partial charge in [0.1, 0.15) is 0 Å². The summed E-state index contributed by atoms with van der Waals surface area (Å²) in [5.41, 5.74) is 5.05. The van der Waals surface area contributed by atoms with Gasteiger partial charge in [-0.25, -0.2) is 0 Å². The lowest BCUT2D eigenvalue weighted by Crippen LogP contribution is -2.32. The third-order valence-corrected chi connectivity index (χ3v) is 6.03. The first-order valence-corrected chi connectivity index (χ1v) is 11.3. The average Bonchev–Trinajstić information content (AvgIpc) is 3.47. The van der Waals surface area contributed by atoms with Crippen LogP contribution in [0.5, 0.6) is 0 Å². The van der Waals surface area contributed by atoms with Crippen molar-refractivity contribution in [3.05, 3.63) is 77.9 Å². The number of amides is 1. The maximum atomic E-state index is 12.5. The molecule has 2 aromatic heterocycles. The summed E-state index contributed by atoms with van der Waals surface area (Å²) < 4.78 is 2.31. The molecule has 0 unspecified atom stereocenters. The van der Waals surface area contributed by atoms with Crippen molar-refractivity contribution < 1.29 is 4.79 Å². The fourth-order valence-electron chi connectivity index (χ4n) is 4.40. The molecule has 0 fully saturated rings. The largest absolute Gasteiger partial charge is 0.350 e. The summed E-state index contributed by atoms with van der Waals surface area (Å²) >= 11 is 0. The number of carbonyl (C=O) groups is 1. The molecule has 0 aliphatic heterocycles. The van der Waals surface area contributed by atoms with E-state index < -0.39 is 0 Å². The Kier molecular flexibility index (Phi) is 5.60. The molecular formula is C26H26N6O. The monoisotopic (exact) mass is 438 g/mol. The van der Waals surface area contributed by atoms with E-state index in [0.717, 1.165) is 40.4 Å². The van der Waals surface area contributed by atoms with Crippen molar-refractivity contribution in [1.82, 2.24) is 30.5 Å². The van der Waals surface area contributed by atoms with E-state index in [1.165, 1.54) is 5.39 Å². The summed E-state index contributed by atoms with van der Waals surface area (Å²) in [5.74, 6) is 0.559. The molecule has 5 aromatic rings. The van der Waals surface area contributed by atoms with E-state index in [1.54, 1.807) is 0 Å². The third-order valence-electron chi connectivity index (χ3n) is 6.03. The van der Waals surface area contributed by atoms with Gasteiger partial charge in [0.2, 0.25) is 5.82 Å². The number of H-pyrrole nitrogens is 1. The second kappa shape index (κ2) is 8.86. The molecule has 1 atom stereocenters. The molecule has 0 aliphatic rings. The Labute approximate surface area is 191 Å². The minimum atomic E-state index is -0.0200. The molecule has 0 radical (unpaired) electrons. The number of benzene rings is 3. The smallest absolute Gasteiger partial charge is 0.251 e. The zero-order valence-electron chi connectivity index (χ0n) is 18.7. The number of aromatic nitrogens is 5. The molecule has 0 spiro atoms. The number of nitrogens with one attached hydrogen (secondary N) is 2. The highest BCUT2D eigenvalue weighted by molar-refractivity contribution is 6.09. The minimum Gasteiger partial charge on any atom is -0.350 e. The molecule has 3 aromatic carbocycles. The van der Waals surface area contributed by atoms with Gasteiger partial charge >= 0.3 is 0 Å². The maximum absolute atomic E-state index is 12.5. The molecule has 5 rings (SSSR count). The van der Waals surface area contributed by atoms with Gasteiger partial charge in [-0.05, 0) is 60.5 Å². The number of nitrogens with zero attached hydrogens (tertiary/aromatic N) is 4. The summed E-state index contributed by atoms with van der Waals surface area (Å²) in [5, 5.41) is 19.8. The third kappa shape index (κ3) is 4.09. The van der Waals surface area contributed by atoms with Crippen molar-refractivity contribution in [2.75, 3.05) is 0 Å². The van der Waals surface area contributed by atoms with Crippen molar-refractivity contribution in [3.8, 4) is 11.4 Å². The van der Waals surface area contributed by atoms with E-state index in [-0.39, 0.29) is 11.9 Å². The molecule has 33 heavy (non-hydrogen) atoms. The number of fused-ring (bicyclic) bond motifs is 3. The zero-order chi connectivity index (χ0) is 22.8. The summed E-state index contributed by atoms with van der Waals surface area (Å²) in [4.78, 5) is 12.5. The lowest BCUT2D eigenvalue weighted by Gasteiger charge is -2.13. The van der Waals surface area contributed by atoms with E-state index in [2.05, 4.69) is 73.8 Å². The highest BCUT2D eigenvalue weighted by Gasteiger charge is 2.14. The van der Waals surface area contributed by atoms with Gasteiger partial charge in [0.05, 0.1) is 0 Å². The van der Waals surface area contributed by atoms with Gasteiger partial charge in [-0.15, -0.1) is 10.2 Å². The van der Waals surface area contributed by atoms with Crippen LogP contribution in [0.4, 0.5) is 0 Å². The molecule has 7 heteroatoms. The highest BCUT2D eigenvalue weighted by atomic mass is 16.1. The lowest BCUT2D eigenvalue weighted by molar-refractivity contribution is 0.0938. The van der Waals surface area contributed by atoms with Crippen molar-refractivity contribution in [2.45, 2.75) is 39.3 Å². The van der Waals surface area contributed by atoms with Crippen LogP contribution in [0, 0.1) is 0 Å². The van der Waals surface area contributed by atoms with Gasteiger partial charge in [0, 0.05) is 45.5 Å². The molecule has 0 saturated carbocycles. The Morgan fingerprint density at radius 3 is 2.58 bits per heavy atom. The second-order valence-corrected chi connectivity index (χ2v) is 8.43. The zero-order valence-corrected chi connectivity index (χ0v) is 18.7. The van der Waals surface area contributed by atoms with Crippen molar-refractivity contribution >= 4 is 27.7 Å². The Morgan fingerprint density at radius 2 is 1.82 bits per heavy atom. The first-order valence-electron chi connectivity index (χ1n) is 11.3. The Hall–Kier alpha value is -4.00. The molecule has 7 nitrogen and oxygen atoms in total. The van der Waals surface area contributed by atoms with E-state index in [9.17, 15) is 4.79 Å². The van der Waals surface area contributed by atoms with Crippen LogP contribution in [0.1, 0.15) is 42.6 Å². The highest BCUT2D eigenvalue weighted by Crippen LogP contribution is 2.32. The predicted molar refractivity (Wildman–Crippen MR) is 130 cm³/mol. The molecule has 166 valence electrons. The number of para-hydroxylation sites is 1. The first kappa shape index (κ1) is 20.9. The molecule has 1 amide bonds. The number of tetrazole rings is 1. The number of aromatic amines is 1. The minimum absolute atomic E-state index is 0.0200. The number of rotatable bonds is 7. The SMILES string of the molecule is CCC[C@H](C)NC(=O)c1ccc(Cn2c3ccccc3c3cc(-c4nn[nH]n4)ccc32)cc1. The fraction of sp³-hybridized carbons (Fsp3) is 0.231. The van der Waals surface area contributed by atoms with Gasteiger partial charge in [-0.3, -0.25) is 4.79 Å². The Morgan fingerprint density at radius 1 is 1.03 bits per heavy atom. The molecule has 2 N–H and O–H groups in total. The summed E-state index contributed by atoms with van der Waals surface area (Å²) in [6, 6.07) is 22.7. The van der Waals surface area contributed by atoms with Crippen LogP contribution in [-0.2, 0) is 6.54 Å². The quantitative estimate of drug-likeness (QED) is 0.377. The van der Waals surface area contributed by atoms with Gasteiger partial charge in [-0.1, -0.05) is 43.7 Å².